The Morgan fingerprint density at radius 2 is 2.30 bits per heavy atom. The van der Waals surface area contributed by atoms with Crippen LogP contribution in [0.5, 0.6) is 5.88 Å². The van der Waals surface area contributed by atoms with E-state index in [-0.39, 0.29) is 0 Å². The minimum Gasteiger partial charge on any atom is -0.477 e. The standard InChI is InChI=1S/C16H26N2O2/c1-4-6-17-9-15-12(2)8-13(3)18-16(15)20-11-14-5-7-19-10-14/h8,14,17H,4-7,9-11H2,1-3H3. The summed E-state index contributed by atoms with van der Waals surface area (Å²) in [5.41, 5.74) is 3.45. The summed E-state index contributed by atoms with van der Waals surface area (Å²) >= 11 is 0. The lowest BCUT2D eigenvalue weighted by atomic mass is 10.1. The summed E-state index contributed by atoms with van der Waals surface area (Å²) in [4.78, 5) is 4.57. The molecule has 4 nitrogen and oxygen atoms in total. The molecular weight excluding hydrogens is 252 g/mol. The Hall–Kier alpha value is -1.13. The minimum absolute atomic E-state index is 0.508. The molecule has 0 amide bonds. The summed E-state index contributed by atoms with van der Waals surface area (Å²) in [7, 11) is 0. The average molecular weight is 278 g/mol. The maximum absolute atomic E-state index is 5.98. The fourth-order valence-corrected chi connectivity index (χ4v) is 2.47. The first-order valence-electron chi connectivity index (χ1n) is 7.59. The second kappa shape index (κ2) is 7.60. The molecule has 1 N–H and O–H groups in total. The molecule has 0 aliphatic carbocycles. The lowest BCUT2D eigenvalue weighted by Gasteiger charge is -2.16. The van der Waals surface area contributed by atoms with E-state index in [1.54, 1.807) is 0 Å². The summed E-state index contributed by atoms with van der Waals surface area (Å²) in [5, 5.41) is 3.44. The van der Waals surface area contributed by atoms with Crippen LogP contribution in [0.15, 0.2) is 6.07 Å². The van der Waals surface area contributed by atoms with E-state index in [1.165, 1.54) is 11.1 Å². The van der Waals surface area contributed by atoms with Crippen molar-refractivity contribution in [3.05, 3.63) is 22.9 Å². The number of pyridine rings is 1. The van der Waals surface area contributed by atoms with Gasteiger partial charge in [0, 0.05) is 30.3 Å². The Kier molecular flexibility index (Phi) is 5.80. The van der Waals surface area contributed by atoms with Crippen molar-refractivity contribution < 1.29 is 9.47 Å². The van der Waals surface area contributed by atoms with E-state index >= 15 is 0 Å². The van der Waals surface area contributed by atoms with Crippen LogP contribution in [0.3, 0.4) is 0 Å². The average Bonchev–Trinajstić information content (AvgIpc) is 2.92. The molecule has 0 spiro atoms. The van der Waals surface area contributed by atoms with E-state index in [9.17, 15) is 0 Å². The van der Waals surface area contributed by atoms with Gasteiger partial charge in [-0.1, -0.05) is 6.92 Å². The fraction of sp³-hybridized carbons (Fsp3) is 0.688. The molecule has 4 heteroatoms. The third-order valence-electron chi connectivity index (χ3n) is 3.65. The van der Waals surface area contributed by atoms with Gasteiger partial charge in [0.25, 0.3) is 0 Å². The van der Waals surface area contributed by atoms with Crippen LogP contribution in [0.1, 0.15) is 36.6 Å². The number of rotatable bonds is 7. The molecule has 1 aliphatic heterocycles. The molecule has 2 rings (SSSR count). The summed E-state index contributed by atoms with van der Waals surface area (Å²) in [6, 6.07) is 2.12. The van der Waals surface area contributed by atoms with Gasteiger partial charge >= 0.3 is 0 Å². The highest BCUT2D eigenvalue weighted by Gasteiger charge is 2.18. The Labute approximate surface area is 121 Å². The van der Waals surface area contributed by atoms with Gasteiger partial charge in [0.1, 0.15) is 0 Å². The van der Waals surface area contributed by atoms with Gasteiger partial charge in [-0.05, 0) is 44.9 Å². The predicted octanol–water partition coefficient (Wildman–Crippen LogP) is 2.61. The monoisotopic (exact) mass is 278 g/mol. The molecule has 20 heavy (non-hydrogen) atoms. The molecule has 1 aliphatic rings. The molecule has 112 valence electrons. The molecule has 0 radical (unpaired) electrons. The number of ether oxygens (including phenoxy) is 2. The SMILES string of the molecule is CCCNCc1c(C)cc(C)nc1OCC1CCOC1. The van der Waals surface area contributed by atoms with Crippen LogP contribution >= 0.6 is 0 Å². The molecule has 0 aromatic carbocycles. The van der Waals surface area contributed by atoms with Crippen LogP contribution < -0.4 is 10.1 Å². The maximum Gasteiger partial charge on any atom is 0.218 e. The minimum atomic E-state index is 0.508. The molecule has 0 saturated carbocycles. The van der Waals surface area contributed by atoms with Crippen molar-refractivity contribution in [1.82, 2.24) is 10.3 Å². The van der Waals surface area contributed by atoms with Crippen LogP contribution in [-0.2, 0) is 11.3 Å². The van der Waals surface area contributed by atoms with Crippen LogP contribution in [0.25, 0.3) is 0 Å². The third-order valence-corrected chi connectivity index (χ3v) is 3.65. The van der Waals surface area contributed by atoms with Gasteiger partial charge in [-0.15, -0.1) is 0 Å². The lowest BCUT2D eigenvalue weighted by Crippen LogP contribution is -2.18. The summed E-state index contributed by atoms with van der Waals surface area (Å²) in [5.74, 6) is 1.30. The topological polar surface area (TPSA) is 43.4 Å². The highest BCUT2D eigenvalue weighted by atomic mass is 16.5. The van der Waals surface area contributed by atoms with Gasteiger partial charge in [-0.25, -0.2) is 4.98 Å². The van der Waals surface area contributed by atoms with Gasteiger partial charge in [0.15, 0.2) is 0 Å². The maximum atomic E-state index is 5.98. The van der Waals surface area contributed by atoms with Gasteiger partial charge in [0.2, 0.25) is 5.88 Å². The Bertz CT molecular complexity index is 429. The molecule has 1 atom stereocenters. The molecule has 0 bridgehead atoms. The quantitative estimate of drug-likeness (QED) is 0.779. The van der Waals surface area contributed by atoms with E-state index in [2.05, 4.69) is 30.2 Å². The molecule has 1 unspecified atom stereocenters. The van der Waals surface area contributed by atoms with Crippen molar-refractivity contribution in [2.24, 2.45) is 5.92 Å². The first-order chi connectivity index (χ1) is 9.70. The zero-order chi connectivity index (χ0) is 14.4. The highest BCUT2D eigenvalue weighted by molar-refractivity contribution is 5.35. The third kappa shape index (κ3) is 4.18. The molecule has 1 fully saturated rings. The molecular formula is C16H26N2O2. The van der Waals surface area contributed by atoms with Crippen LogP contribution in [0, 0.1) is 19.8 Å². The smallest absolute Gasteiger partial charge is 0.218 e. The van der Waals surface area contributed by atoms with Gasteiger partial charge in [0.05, 0.1) is 13.2 Å². The predicted molar refractivity (Wildman–Crippen MR) is 80.1 cm³/mol. The van der Waals surface area contributed by atoms with Gasteiger partial charge in [-0.3, -0.25) is 0 Å². The van der Waals surface area contributed by atoms with Crippen molar-refractivity contribution in [1.29, 1.82) is 0 Å². The number of hydrogen-bond donors (Lipinski definition) is 1. The summed E-state index contributed by atoms with van der Waals surface area (Å²) in [6.07, 6.45) is 2.22. The largest absolute Gasteiger partial charge is 0.477 e. The van der Waals surface area contributed by atoms with Gasteiger partial charge < -0.3 is 14.8 Å². The number of nitrogens with one attached hydrogen (secondary N) is 1. The molecule has 1 saturated heterocycles. The highest BCUT2D eigenvalue weighted by Crippen LogP contribution is 2.22. The lowest BCUT2D eigenvalue weighted by molar-refractivity contribution is 0.165. The van der Waals surface area contributed by atoms with Crippen molar-refractivity contribution in [3.63, 3.8) is 0 Å². The normalized spacial score (nSPS) is 18.4. The summed E-state index contributed by atoms with van der Waals surface area (Å²) in [6.45, 7) is 10.5. The number of aromatic nitrogens is 1. The first-order valence-corrected chi connectivity index (χ1v) is 7.59. The number of aryl methyl sites for hydroxylation is 2. The van der Waals surface area contributed by atoms with E-state index < -0.39 is 0 Å². The van der Waals surface area contributed by atoms with Crippen molar-refractivity contribution in [2.45, 2.75) is 40.2 Å². The Morgan fingerprint density at radius 1 is 1.45 bits per heavy atom. The fourth-order valence-electron chi connectivity index (χ4n) is 2.47. The zero-order valence-electron chi connectivity index (χ0n) is 12.9. The Balaban J connectivity index is 2.03. The van der Waals surface area contributed by atoms with Crippen molar-refractivity contribution in [3.8, 4) is 5.88 Å². The van der Waals surface area contributed by atoms with E-state index in [0.29, 0.717) is 12.5 Å². The first kappa shape index (κ1) is 15.3. The van der Waals surface area contributed by atoms with Crippen LogP contribution in [0.2, 0.25) is 0 Å². The van der Waals surface area contributed by atoms with E-state index in [4.69, 9.17) is 9.47 Å². The summed E-state index contributed by atoms with van der Waals surface area (Å²) < 4.78 is 11.4. The molecule has 2 heterocycles. The van der Waals surface area contributed by atoms with E-state index in [1.807, 2.05) is 6.92 Å². The van der Waals surface area contributed by atoms with Crippen LogP contribution in [0.4, 0.5) is 0 Å². The number of hydrogen-bond acceptors (Lipinski definition) is 4. The molecule has 1 aromatic heterocycles. The zero-order valence-corrected chi connectivity index (χ0v) is 12.9. The second-order valence-electron chi connectivity index (χ2n) is 5.58. The van der Waals surface area contributed by atoms with E-state index in [0.717, 1.165) is 50.7 Å². The van der Waals surface area contributed by atoms with Crippen LogP contribution in [-0.4, -0.2) is 31.3 Å². The van der Waals surface area contributed by atoms with Crippen molar-refractivity contribution >= 4 is 0 Å². The van der Waals surface area contributed by atoms with Gasteiger partial charge in [-0.2, -0.15) is 0 Å². The second-order valence-corrected chi connectivity index (χ2v) is 5.58. The molecule has 1 aromatic rings. The number of nitrogens with zero attached hydrogens (tertiary/aromatic N) is 1. The van der Waals surface area contributed by atoms with Crippen molar-refractivity contribution in [2.75, 3.05) is 26.4 Å². The Morgan fingerprint density at radius 3 is 3.00 bits per heavy atom.